The van der Waals surface area contributed by atoms with Crippen LogP contribution in [0.3, 0.4) is 0 Å². The van der Waals surface area contributed by atoms with Gasteiger partial charge in [-0.3, -0.25) is 4.79 Å². The monoisotopic (exact) mass is 327 g/mol. The average molecular weight is 328 g/mol. The van der Waals surface area contributed by atoms with Crippen molar-refractivity contribution in [2.45, 2.75) is 30.9 Å². The van der Waals surface area contributed by atoms with Gasteiger partial charge in [0.25, 0.3) is 0 Å². The summed E-state index contributed by atoms with van der Waals surface area (Å²) in [5, 5.41) is 0.198. The van der Waals surface area contributed by atoms with Crippen LogP contribution in [0.1, 0.15) is 24.8 Å². The summed E-state index contributed by atoms with van der Waals surface area (Å²) >= 11 is 5.89. The number of carbonyl (C=O) groups is 1. The molecule has 1 amide bonds. The number of fused-ring (bicyclic) bond motifs is 1. The molecule has 1 fully saturated rings. The van der Waals surface area contributed by atoms with Crippen molar-refractivity contribution in [3.05, 3.63) is 28.8 Å². The molecule has 1 aliphatic carbocycles. The predicted molar refractivity (Wildman–Crippen MR) is 77.7 cm³/mol. The fraction of sp³-hybridized carbons (Fsp3) is 0.438. The van der Waals surface area contributed by atoms with Crippen LogP contribution >= 0.6 is 11.6 Å². The summed E-state index contributed by atoms with van der Waals surface area (Å²) in [6, 6.07) is 4.19. The Hall–Kier alpha value is -1.67. The van der Waals surface area contributed by atoms with Gasteiger partial charge in [0.15, 0.2) is 5.41 Å². The third-order valence-electron chi connectivity index (χ3n) is 4.12. The van der Waals surface area contributed by atoms with Gasteiger partial charge in [0.2, 0.25) is 5.91 Å². The highest BCUT2D eigenvalue weighted by Gasteiger charge is 2.59. The summed E-state index contributed by atoms with van der Waals surface area (Å²) in [7, 11) is 1.46. The molecule has 0 N–H and O–H groups in total. The van der Waals surface area contributed by atoms with E-state index in [0.29, 0.717) is 0 Å². The second kappa shape index (κ2) is 4.92. The summed E-state index contributed by atoms with van der Waals surface area (Å²) < 4.78 is 41.6. The number of rotatable bonds is 0. The zero-order valence-electron chi connectivity index (χ0n) is 11.8. The van der Waals surface area contributed by atoms with E-state index < -0.39 is 23.9 Å². The molecule has 2 aliphatic rings. The van der Waals surface area contributed by atoms with Crippen LogP contribution in [-0.4, -0.2) is 19.1 Å². The van der Waals surface area contributed by atoms with E-state index in [1.165, 1.54) is 30.1 Å². The van der Waals surface area contributed by atoms with Gasteiger partial charge in [-0.05, 0) is 31.0 Å². The lowest BCUT2D eigenvalue weighted by Gasteiger charge is -2.39. The second-order valence-electron chi connectivity index (χ2n) is 5.74. The van der Waals surface area contributed by atoms with E-state index in [4.69, 9.17) is 11.6 Å². The van der Waals surface area contributed by atoms with Crippen LogP contribution in [0.2, 0.25) is 5.02 Å². The van der Waals surface area contributed by atoms with Crippen LogP contribution in [-0.2, 0) is 10.2 Å². The zero-order chi connectivity index (χ0) is 16.1. The molecule has 0 spiro atoms. The van der Waals surface area contributed by atoms with Crippen molar-refractivity contribution in [1.82, 2.24) is 0 Å². The summed E-state index contributed by atoms with van der Waals surface area (Å²) in [6.07, 6.45) is -3.72. The molecule has 0 radical (unpaired) electrons. The minimum absolute atomic E-state index is 0.0108. The average Bonchev–Trinajstić information content (AvgIpc) is 3.24. The number of alkyl halides is 3. The quantitative estimate of drug-likeness (QED) is 0.661. The van der Waals surface area contributed by atoms with Gasteiger partial charge in [-0.25, -0.2) is 0 Å². The molecule has 1 saturated carbocycles. The Kier molecular flexibility index (Phi) is 3.41. The number of halogens is 4. The van der Waals surface area contributed by atoms with Crippen LogP contribution in [0.15, 0.2) is 18.2 Å². The molecule has 22 heavy (non-hydrogen) atoms. The smallest absolute Gasteiger partial charge is 0.315 e. The first-order valence-electron chi connectivity index (χ1n) is 6.90. The molecular formula is C16H13ClF3NO. The highest BCUT2D eigenvalue weighted by Crippen LogP contribution is 2.50. The number of amides is 1. The number of hydrogen-bond acceptors (Lipinski definition) is 1. The van der Waals surface area contributed by atoms with Crippen LogP contribution < -0.4 is 4.90 Å². The largest absolute Gasteiger partial charge is 0.409 e. The van der Waals surface area contributed by atoms with Crippen LogP contribution in [0, 0.1) is 17.8 Å². The van der Waals surface area contributed by atoms with Crippen LogP contribution in [0.4, 0.5) is 18.9 Å². The van der Waals surface area contributed by atoms with Crippen molar-refractivity contribution < 1.29 is 18.0 Å². The topological polar surface area (TPSA) is 20.3 Å². The summed E-state index contributed by atoms with van der Waals surface area (Å²) in [5.41, 5.74) is -2.30. The number of hydrogen-bond donors (Lipinski definition) is 0. The van der Waals surface area contributed by atoms with Gasteiger partial charge in [-0.1, -0.05) is 23.4 Å². The molecule has 3 rings (SSSR count). The molecule has 1 aromatic carbocycles. The maximum Gasteiger partial charge on any atom is 0.409 e. The van der Waals surface area contributed by atoms with Gasteiger partial charge in [-0.15, -0.1) is 0 Å². The van der Waals surface area contributed by atoms with E-state index in [1.54, 1.807) is 0 Å². The van der Waals surface area contributed by atoms with E-state index in [1.807, 2.05) is 0 Å². The Labute approximate surface area is 131 Å². The molecule has 116 valence electrons. The first kappa shape index (κ1) is 15.2. The third-order valence-corrected chi connectivity index (χ3v) is 4.36. The maximum absolute atomic E-state index is 13.9. The number of nitrogens with zero attached hydrogens (tertiary/aromatic N) is 1. The summed E-state index contributed by atoms with van der Waals surface area (Å²) in [4.78, 5) is 13.3. The van der Waals surface area contributed by atoms with Gasteiger partial charge < -0.3 is 4.90 Å². The molecule has 1 atom stereocenters. The Morgan fingerprint density at radius 1 is 1.36 bits per heavy atom. The van der Waals surface area contributed by atoms with E-state index in [2.05, 4.69) is 11.8 Å². The minimum atomic E-state index is -4.65. The first-order valence-corrected chi connectivity index (χ1v) is 7.28. The Morgan fingerprint density at radius 2 is 2.05 bits per heavy atom. The van der Waals surface area contributed by atoms with Gasteiger partial charge in [0.1, 0.15) is 0 Å². The van der Waals surface area contributed by atoms with Gasteiger partial charge >= 0.3 is 6.18 Å². The molecule has 1 unspecified atom stereocenters. The predicted octanol–water partition coefficient (Wildman–Crippen LogP) is 3.92. The summed E-state index contributed by atoms with van der Waals surface area (Å²) in [5.74, 6) is 4.49. The van der Waals surface area contributed by atoms with Crippen molar-refractivity contribution in [2.75, 3.05) is 11.9 Å². The fourth-order valence-electron chi connectivity index (χ4n) is 2.61. The molecule has 1 aromatic rings. The van der Waals surface area contributed by atoms with E-state index >= 15 is 0 Å². The maximum atomic E-state index is 13.9. The van der Waals surface area contributed by atoms with E-state index in [9.17, 15) is 18.0 Å². The highest BCUT2D eigenvalue weighted by atomic mass is 35.5. The van der Waals surface area contributed by atoms with Crippen molar-refractivity contribution in [3.63, 3.8) is 0 Å². The SMILES string of the molecule is CN1C(=O)CC(C#CC2CC2)(C(F)(F)F)c2cc(Cl)ccc21. The molecule has 0 aromatic heterocycles. The van der Waals surface area contributed by atoms with Crippen molar-refractivity contribution >= 4 is 23.2 Å². The standard InChI is InChI=1S/C16H13ClF3NO/c1-21-13-5-4-11(17)8-12(13)15(9-14(21)22,16(18,19)20)7-6-10-2-3-10/h4-5,8,10H,2-3,9H2,1H3. The number of carbonyl (C=O) groups excluding carboxylic acids is 1. The molecule has 0 bridgehead atoms. The lowest BCUT2D eigenvalue weighted by Crippen LogP contribution is -2.50. The Balaban J connectivity index is 2.25. The van der Waals surface area contributed by atoms with Gasteiger partial charge in [0.05, 0.1) is 6.42 Å². The van der Waals surface area contributed by atoms with Gasteiger partial charge in [0, 0.05) is 29.2 Å². The van der Waals surface area contributed by atoms with Crippen LogP contribution in [0.5, 0.6) is 0 Å². The molecule has 1 heterocycles. The summed E-state index contributed by atoms with van der Waals surface area (Å²) in [6.45, 7) is 0. The van der Waals surface area contributed by atoms with Crippen molar-refractivity contribution in [1.29, 1.82) is 0 Å². The van der Waals surface area contributed by atoms with E-state index in [-0.39, 0.29) is 22.2 Å². The number of anilines is 1. The molecule has 0 saturated heterocycles. The molecule has 6 heteroatoms. The van der Waals surface area contributed by atoms with E-state index in [0.717, 1.165) is 12.8 Å². The van der Waals surface area contributed by atoms with Crippen molar-refractivity contribution in [2.24, 2.45) is 5.92 Å². The zero-order valence-corrected chi connectivity index (χ0v) is 12.6. The first-order chi connectivity index (χ1) is 10.2. The van der Waals surface area contributed by atoms with Crippen molar-refractivity contribution in [3.8, 4) is 11.8 Å². The normalized spacial score (nSPS) is 24.6. The Bertz CT molecular complexity index is 700. The Morgan fingerprint density at radius 3 is 2.64 bits per heavy atom. The fourth-order valence-corrected chi connectivity index (χ4v) is 2.78. The minimum Gasteiger partial charge on any atom is -0.315 e. The molecular weight excluding hydrogens is 315 g/mol. The van der Waals surface area contributed by atoms with Crippen LogP contribution in [0.25, 0.3) is 0 Å². The molecule has 2 nitrogen and oxygen atoms in total. The lowest BCUT2D eigenvalue weighted by molar-refractivity contribution is -0.178. The van der Waals surface area contributed by atoms with Gasteiger partial charge in [-0.2, -0.15) is 13.2 Å². The number of benzene rings is 1. The highest BCUT2D eigenvalue weighted by molar-refractivity contribution is 6.30. The third kappa shape index (κ3) is 2.36. The lowest BCUT2D eigenvalue weighted by atomic mass is 9.73. The molecule has 1 aliphatic heterocycles. The second-order valence-corrected chi connectivity index (χ2v) is 6.17.